The number of hydrogen-bond donors (Lipinski definition) is 0. The highest BCUT2D eigenvalue weighted by Crippen LogP contribution is 2.33. The van der Waals surface area contributed by atoms with Gasteiger partial charge in [0.15, 0.2) is 0 Å². The molecule has 2 aliphatic rings. The molecule has 2 fully saturated rings. The summed E-state index contributed by atoms with van der Waals surface area (Å²) < 4.78 is 26.5. The quantitative estimate of drug-likeness (QED) is 0.795. The fraction of sp³-hybridized carbons (Fsp3) is 0.733. The van der Waals surface area contributed by atoms with Gasteiger partial charge < -0.3 is 9.80 Å². The minimum Gasteiger partial charge on any atom is -0.363 e. The molecular weight excluding hydrogens is 314 g/mol. The van der Waals surface area contributed by atoms with E-state index in [1.54, 1.807) is 17.7 Å². The summed E-state index contributed by atoms with van der Waals surface area (Å²) in [6.45, 7) is 1.59. The first-order valence-electron chi connectivity index (χ1n) is 8.11. The highest BCUT2D eigenvalue weighted by Gasteiger charge is 2.41. The van der Waals surface area contributed by atoms with Gasteiger partial charge in [0.1, 0.15) is 18.0 Å². The van der Waals surface area contributed by atoms with Gasteiger partial charge in [-0.3, -0.25) is 0 Å². The standard InChI is InChI=1S/C15H25N5O2S/c1-18(2)14-9-15(17-11-16-14)20-8-4-5-12(10-20)19(3)23(21,22)13-6-7-13/h9,11-13H,4-8,10H2,1-3H3. The van der Waals surface area contributed by atoms with Crippen LogP contribution in [0.25, 0.3) is 0 Å². The van der Waals surface area contributed by atoms with E-state index < -0.39 is 10.0 Å². The van der Waals surface area contributed by atoms with E-state index in [0.29, 0.717) is 6.54 Å². The normalized spacial score (nSPS) is 22.4. The van der Waals surface area contributed by atoms with Crippen LogP contribution in [0.5, 0.6) is 0 Å². The predicted octanol–water partition coefficient (Wildman–Crippen LogP) is 0.935. The van der Waals surface area contributed by atoms with Crippen LogP contribution in [0.2, 0.25) is 0 Å². The Balaban J connectivity index is 1.74. The summed E-state index contributed by atoms with van der Waals surface area (Å²) >= 11 is 0. The van der Waals surface area contributed by atoms with Crippen molar-refractivity contribution in [3.05, 3.63) is 12.4 Å². The maximum Gasteiger partial charge on any atom is 0.217 e. The highest BCUT2D eigenvalue weighted by atomic mass is 32.2. The maximum atomic E-state index is 12.5. The Morgan fingerprint density at radius 1 is 1.17 bits per heavy atom. The molecule has 128 valence electrons. The number of anilines is 2. The second-order valence-corrected chi connectivity index (χ2v) is 8.90. The molecule has 1 aliphatic heterocycles. The average molecular weight is 339 g/mol. The average Bonchev–Trinajstić information content (AvgIpc) is 3.39. The van der Waals surface area contributed by atoms with Crippen molar-refractivity contribution in [2.45, 2.75) is 37.0 Å². The topological polar surface area (TPSA) is 69.6 Å². The van der Waals surface area contributed by atoms with Crippen molar-refractivity contribution < 1.29 is 8.42 Å². The number of hydrogen-bond acceptors (Lipinski definition) is 6. The third kappa shape index (κ3) is 3.42. The molecule has 1 aromatic rings. The Bertz CT molecular complexity index is 660. The Morgan fingerprint density at radius 2 is 1.91 bits per heavy atom. The molecule has 0 N–H and O–H groups in total. The van der Waals surface area contributed by atoms with E-state index in [1.807, 2.05) is 25.1 Å². The van der Waals surface area contributed by atoms with Crippen molar-refractivity contribution in [1.82, 2.24) is 14.3 Å². The van der Waals surface area contributed by atoms with Gasteiger partial charge >= 0.3 is 0 Å². The highest BCUT2D eigenvalue weighted by molar-refractivity contribution is 7.90. The van der Waals surface area contributed by atoms with Crippen LogP contribution < -0.4 is 9.80 Å². The van der Waals surface area contributed by atoms with Gasteiger partial charge in [0, 0.05) is 46.3 Å². The summed E-state index contributed by atoms with van der Waals surface area (Å²) in [5.41, 5.74) is 0. The fourth-order valence-corrected chi connectivity index (χ4v) is 4.81. The van der Waals surface area contributed by atoms with Crippen LogP contribution in [-0.2, 0) is 10.0 Å². The van der Waals surface area contributed by atoms with Crippen molar-refractivity contribution >= 4 is 21.7 Å². The molecule has 23 heavy (non-hydrogen) atoms. The van der Waals surface area contributed by atoms with Crippen molar-refractivity contribution in [3.8, 4) is 0 Å². The molecule has 1 aliphatic carbocycles. The second-order valence-electron chi connectivity index (χ2n) is 6.63. The lowest BCUT2D eigenvalue weighted by Gasteiger charge is -2.37. The molecule has 1 unspecified atom stereocenters. The molecule has 1 saturated carbocycles. The smallest absolute Gasteiger partial charge is 0.217 e. The molecule has 1 aromatic heterocycles. The minimum atomic E-state index is -3.13. The van der Waals surface area contributed by atoms with Crippen molar-refractivity contribution in [3.63, 3.8) is 0 Å². The van der Waals surface area contributed by atoms with E-state index in [0.717, 1.165) is 43.9 Å². The Kier molecular flexibility index (Phi) is 4.46. The van der Waals surface area contributed by atoms with Gasteiger partial charge in [-0.2, -0.15) is 4.31 Å². The van der Waals surface area contributed by atoms with Crippen molar-refractivity contribution in [2.24, 2.45) is 0 Å². The minimum absolute atomic E-state index is 0.0205. The molecule has 1 saturated heterocycles. The molecule has 0 bridgehead atoms. The van der Waals surface area contributed by atoms with E-state index >= 15 is 0 Å². The zero-order valence-electron chi connectivity index (χ0n) is 14.0. The van der Waals surface area contributed by atoms with Crippen LogP contribution in [-0.4, -0.2) is 68.2 Å². The first-order chi connectivity index (χ1) is 10.9. The lowest BCUT2D eigenvalue weighted by Crippen LogP contribution is -2.49. The summed E-state index contributed by atoms with van der Waals surface area (Å²) in [5, 5.41) is -0.151. The van der Waals surface area contributed by atoms with Crippen LogP contribution in [0.1, 0.15) is 25.7 Å². The Morgan fingerprint density at radius 3 is 2.57 bits per heavy atom. The number of sulfonamides is 1. The number of nitrogens with zero attached hydrogens (tertiary/aromatic N) is 5. The molecule has 1 atom stereocenters. The molecule has 3 rings (SSSR count). The van der Waals surface area contributed by atoms with Crippen molar-refractivity contribution in [1.29, 1.82) is 0 Å². The third-order valence-corrected chi connectivity index (χ3v) is 7.09. The van der Waals surface area contributed by atoms with E-state index in [-0.39, 0.29) is 11.3 Å². The lowest BCUT2D eigenvalue weighted by molar-refractivity contribution is 0.319. The number of rotatable bonds is 5. The Labute approximate surface area is 138 Å². The van der Waals surface area contributed by atoms with E-state index in [4.69, 9.17) is 0 Å². The summed E-state index contributed by atoms with van der Waals surface area (Å²) in [5.74, 6) is 1.72. The summed E-state index contributed by atoms with van der Waals surface area (Å²) in [6, 6.07) is 1.98. The Hall–Kier alpha value is -1.41. The fourth-order valence-electron chi connectivity index (χ4n) is 3.02. The van der Waals surface area contributed by atoms with E-state index in [9.17, 15) is 8.42 Å². The van der Waals surface area contributed by atoms with Gasteiger partial charge in [-0.15, -0.1) is 0 Å². The third-order valence-electron chi connectivity index (χ3n) is 4.68. The van der Waals surface area contributed by atoms with Crippen LogP contribution >= 0.6 is 0 Å². The second kappa shape index (κ2) is 6.24. The molecule has 7 nitrogen and oxygen atoms in total. The van der Waals surface area contributed by atoms with Gasteiger partial charge in [0.05, 0.1) is 5.25 Å². The van der Waals surface area contributed by atoms with E-state index in [2.05, 4.69) is 14.9 Å². The summed E-state index contributed by atoms with van der Waals surface area (Å²) in [6.07, 6.45) is 5.06. The van der Waals surface area contributed by atoms with E-state index in [1.165, 1.54) is 0 Å². The van der Waals surface area contributed by atoms with Gasteiger partial charge in [0.2, 0.25) is 10.0 Å². The first-order valence-corrected chi connectivity index (χ1v) is 9.61. The number of aromatic nitrogens is 2. The monoisotopic (exact) mass is 339 g/mol. The molecule has 8 heteroatoms. The van der Waals surface area contributed by atoms with Gasteiger partial charge in [0.25, 0.3) is 0 Å². The SMILES string of the molecule is CN(C)c1cc(N2CCCC(N(C)S(=O)(=O)C3CC3)C2)ncn1. The van der Waals surface area contributed by atoms with Crippen LogP contribution in [0.3, 0.4) is 0 Å². The van der Waals surface area contributed by atoms with Gasteiger partial charge in [-0.1, -0.05) is 0 Å². The molecule has 0 amide bonds. The summed E-state index contributed by atoms with van der Waals surface area (Å²) in [4.78, 5) is 12.7. The van der Waals surface area contributed by atoms with Crippen LogP contribution in [0.15, 0.2) is 12.4 Å². The molecule has 0 spiro atoms. The van der Waals surface area contributed by atoms with Gasteiger partial charge in [-0.05, 0) is 25.7 Å². The molecular formula is C15H25N5O2S. The zero-order chi connectivity index (χ0) is 16.6. The molecule has 0 radical (unpaired) electrons. The van der Waals surface area contributed by atoms with Crippen LogP contribution in [0.4, 0.5) is 11.6 Å². The first kappa shape index (κ1) is 16.4. The lowest BCUT2D eigenvalue weighted by atomic mass is 10.1. The van der Waals surface area contributed by atoms with Gasteiger partial charge in [-0.25, -0.2) is 18.4 Å². The largest absolute Gasteiger partial charge is 0.363 e. The molecule has 2 heterocycles. The van der Waals surface area contributed by atoms with Crippen molar-refractivity contribution in [2.75, 3.05) is 44.0 Å². The summed E-state index contributed by atoms with van der Waals surface area (Å²) in [7, 11) is 2.49. The predicted molar refractivity (Wildman–Crippen MR) is 91.3 cm³/mol. The number of piperidine rings is 1. The number of likely N-dealkylation sites (N-methyl/N-ethyl adjacent to an activating group) is 1. The van der Waals surface area contributed by atoms with Crippen LogP contribution in [0, 0.1) is 0 Å². The maximum absolute atomic E-state index is 12.5. The zero-order valence-corrected chi connectivity index (χ0v) is 14.8. The molecule has 0 aromatic carbocycles.